The van der Waals surface area contributed by atoms with Gasteiger partial charge in [0.2, 0.25) is 0 Å². The molecule has 1 amide bonds. The average Bonchev–Trinajstić information content (AvgIpc) is 3.03. The molecule has 2 aromatic heterocycles. The summed E-state index contributed by atoms with van der Waals surface area (Å²) in [6.07, 6.45) is 0.697. The van der Waals surface area contributed by atoms with E-state index in [1.54, 1.807) is 11.3 Å². The molecule has 0 aliphatic rings. The third-order valence-corrected chi connectivity index (χ3v) is 4.63. The number of aromatic amines is 1. The summed E-state index contributed by atoms with van der Waals surface area (Å²) >= 11 is 1.61. The summed E-state index contributed by atoms with van der Waals surface area (Å²) in [7, 11) is 0. The second-order valence-corrected chi connectivity index (χ2v) is 6.12. The van der Waals surface area contributed by atoms with Gasteiger partial charge in [0.05, 0.1) is 16.6 Å². The predicted octanol–water partition coefficient (Wildman–Crippen LogP) is 3.21. The van der Waals surface area contributed by atoms with Crippen LogP contribution in [0.3, 0.4) is 0 Å². The molecule has 0 aliphatic carbocycles. The highest BCUT2D eigenvalue weighted by molar-refractivity contribution is 7.10. The Labute approximate surface area is 127 Å². The maximum atomic E-state index is 12.1. The molecular formula is C16H17N3OS. The Balaban J connectivity index is 1.61. The van der Waals surface area contributed by atoms with Gasteiger partial charge in [-0.3, -0.25) is 4.79 Å². The summed E-state index contributed by atoms with van der Waals surface area (Å²) < 4.78 is 0. The molecule has 0 unspecified atom stereocenters. The lowest BCUT2D eigenvalue weighted by molar-refractivity contribution is 0.0954. The zero-order valence-electron chi connectivity index (χ0n) is 12.1. The van der Waals surface area contributed by atoms with E-state index >= 15 is 0 Å². The van der Waals surface area contributed by atoms with E-state index in [1.165, 1.54) is 4.88 Å². The fourth-order valence-electron chi connectivity index (χ4n) is 2.25. The third-order valence-electron chi connectivity index (χ3n) is 3.62. The number of rotatable bonds is 4. The van der Waals surface area contributed by atoms with Crippen LogP contribution in [0.2, 0.25) is 0 Å². The SMILES string of the molecule is Cc1scc(C(=O)NCCc2nc3ccccc3[nH]2)c1C. The first kappa shape index (κ1) is 13.8. The normalized spacial score (nSPS) is 11.0. The predicted molar refractivity (Wildman–Crippen MR) is 85.9 cm³/mol. The zero-order valence-corrected chi connectivity index (χ0v) is 12.9. The van der Waals surface area contributed by atoms with E-state index in [1.807, 2.05) is 43.5 Å². The lowest BCUT2D eigenvalue weighted by atomic mass is 10.1. The number of thiophene rings is 1. The van der Waals surface area contributed by atoms with E-state index in [-0.39, 0.29) is 5.91 Å². The first-order chi connectivity index (χ1) is 10.1. The van der Waals surface area contributed by atoms with Gasteiger partial charge in [-0.1, -0.05) is 12.1 Å². The molecule has 0 aliphatic heterocycles. The van der Waals surface area contributed by atoms with Crippen molar-refractivity contribution in [2.24, 2.45) is 0 Å². The topological polar surface area (TPSA) is 57.8 Å². The number of aryl methyl sites for hydroxylation is 1. The van der Waals surface area contributed by atoms with Crippen LogP contribution >= 0.6 is 11.3 Å². The van der Waals surface area contributed by atoms with Crippen molar-refractivity contribution in [3.8, 4) is 0 Å². The number of amides is 1. The summed E-state index contributed by atoms with van der Waals surface area (Å²) in [6.45, 7) is 4.60. The van der Waals surface area contributed by atoms with E-state index in [2.05, 4.69) is 15.3 Å². The summed E-state index contributed by atoms with van der Waals surface area (Å²) in [5.41, 5.74) is 3.84. The lowest BCUT2D eigenvalue weighted by Crippen LogP contribution is -2.26. The van der Waals surface area contributed by atoms with Gasteiger partial charge in [0.1, 0.15) is 5.82 Å². The minimum atomic E-state index is -0.00652. The Morgan fingerprint density at radius 1 is 1.33 bits per heavy atom. The van der Waals surface area contributed by atoms with Crippen LogP contribution in [-0.2, 0) is 6.42 Å². The molecule has 3 rings (SSSR count). The highest BCUT2D eigenvalue weighted by atomic mass is 32.1. The number of aromatic nitrogens is 2. The molecule has 0 saturated heterocycles. The molecule has 3 aromatic rings. The monoisotopic (exact) mass is 299 g/mol. The van der Waals surface area contributed by atoms with Crippen LogP contribution < -0.4 is 5.32 Å². The largest absolute Gasteiger partial charge is 0.352 e. The first-order valence-corrected chi connectivity index (χ1v) is 7.79. The van der Waals surface area contributed by atoms with Crippen LogP contribution in [0.1, 0.15) is 26.6 Å². The van der Waals surface area contributed by atoms with Crippen molar-refractivity contribution < 1.29 is 4.79 Å². The standard InChI is InChI=1S/C16H17N3OS/c1-10-11(2)21-9-12(10)16(20)17-8-7-15-18-13-5-3-4-6-14(13)19-15/h3-6,9H,7-8H2,1-2H3,(H,17,20)(H,18,19). The summed E-state index contributed by atoms with van der Waals surface area (Å²) in [4.78, 5) is 21.1. The molecule has 0 fully saturated rings. The Hall–Kier alpha value is -2.14. The van der Waals surface area contributed by atoms with Gasteiger partial charge in [0.25, 0.3) is 5.91 Å². The number of para-hydroxylation sites is 2. The number of carbonyl (C=O) groups is 1. The van der Waals surface area contributed by atoms with Gasteiger partial charge in [-0.15, -0.1) is 11.3 Å². The number of carbonyl (C=O) groups excluding carboxylic acids is 1. The Morgan fingerprint density at radius 3 is 2.86 bits per heavy atom. The van der Waals surface area contributed by atoms with Crippen molar-refractivity contribution >= 4 is 28.3 Å². The minimum absolute atomic E-state index is 0.00652. The van der Waals surface area contributed by atoms with Crippen LogP contribution in [0.5, 0.6) is 0 Å². The molecule has 2 N–H and O–H groups in total. The van der Waals surface area contributed by atoms with E-state index in [0.29, 0.717) is 13.0 Å². The summed E-state index contributed by atoms with van der Waals surface area (Å²) in [5, 5.41) is 4.87. The number of imidazole rings is 1. The second kappa shape index (κ2) is 5.69. The fourth-order valence-corrected chi connectivity index (χ4v) is 3.12. The molecule has 0 bridgehead atoms. The number of H-pyrrole nitrogens is 1. The van der Waals surface area contributed by atoms with Gasteiger partial charge in [-0.05, 0) is 31.5 Å². The van der Waals surface area contributed by atoms with Crippen molar-refractivity contribution in [3.05, 3.63) is 51.5 Å². The van der Waals surface area contributed by atoms with Gasteiger partial charge in [-0.2, -0.15) is 0 Å². The molecule has 4 nitrogen and oxygen atoms in total. The van der Waals surface area contributed by atoms with Crippen molar-refractivity contribution in [2.45, 2.75) is 20.3 Å². The highest BCUT2D eigenvalue weighted by Crippen LogP contribution is 2.20. The van der Waals surface area contributed by atoms with Crippen LogP contribution in [0.15, 0.2) is 29.6 Å². The average molecular weight is 299 g/mol. The Morgan fingerprint density at radius 2 is 2.14 bits per heavy atom. The molecule has 0 saturated carbocycles. The molecule has 21 heavy (non-hydrogen) atoms. The van der Waals surface area contributed by atoms with Crippen molar-refractivity contribution in [3.63, 3.8) is 0 Å². The van der Waals surface area contributed by atoms with Crippen LogP contribution in [-0.4, -0.2) is 22.4 Å². The maximum absolute atomic E-state index is 12.1. The number of nitrogens with zero attached hydrogens (tertiary/aromatic N) is 1. The quantitative estimate of drug-likeness (QED) is 0.777. The molecule has 0 spiro atoms. The van der Waals surface area contributed by atoms with E-state index in [0.717, 1.165) is 28.0 Å². The van der Waals surface area contributed by atoms with Crippen molar-refractivity contribution in [1.82, 2.24) is 15.3 Å². The van der Waals surface area contributed by atoms with E-state index < -0.39 is 0 Å². The van der Waals surface area contributed by atoms with Gasteiger partial charge in [0.15, 0.2) is 0 Å². The first-order valence-electron chi connectivity index (χ1n) is 6.91. The second-order valence-electron chi connectivity index (χ2n) is 5.04. The summed E-state index contributed by atoms with van der Waals surface area (Å²) in [5.74, 6) is 0.891. The smallest absolute Gasteiger partial charge is 0.252 e. The summed E-state index contributed by atoms with van der Waals surface area (Å²) in [6, 6.07) is 7.93. The number of fused-ring (bicyclic) bond motifs is 1. The molecule has 0 radical (unpaired) electrons. The van der Waals surface area contributed by atoms with Gasteiger partial charge >= 0.3 is 0 Å². The van der Waals surface area contributed by atoms with Crippen molar-refractivity contribution in [1.29, 1.82) is 0 Å². The maximum Gasteiger partial charge on any atom is 0.252 e. The third kappa shape index (κ3) is 2.83. The Bertz CT molecular complexity index is 755. The molecule has 108 valence electrons. The Kier molecular flexibility index (Phi) is 3.75. The fraction of sp³-hybridized carbons (Fsp3) is 0.250. The number of nitrogens with one attached hydrogen (secondary N) is 2. The number of hydrogen-bond donors (Lipinski definition) is 2. The van der Waals surface area contributed by atoms with E-state index in [4.69, 9.17) is 0 Å². The van der Waals surface area contributed by atoms with Gasteiger partial charge in [0, 0.05) is 23.2 Å². The molecule has 0 atom stereocenters. The van der Waals surface area contributed by atoms with Crippen LogP contribution in [0, 0.1) is 13.8 Å². The van der Waals surface area contributed by atoms with Crippen LogP contribution in [0.25, 0.3) is 11.0 Å². The molecular weight excluding hydrogens is 282 g/mol. The molecule has 2 heterocycles. The minimum Gasteiger partial charge on any atom is -0.352 e. The van der Waals surface area contributed by atoms with Crippen molar-refractivity contribution in [2.75, 3.05) is 6.54 Å². The highest BCUT2D eigenvalue weighted by Gasteiger charge is 2.12. The number of hydrogen-bond acceptors (Lipinski definition) is 3. The van der Waals surface area contributed by atoms with E-state index in [9.17, 15) is 4.79 Å². The van der Waals surface area contributed by atoms with Gasteiger partial charge < -0.3 is 10.3 Å². The van der Waals surface area contributed by atoms with Gasteiger partial charge in [-0.25, -0.2) is 4.98 Å². The molecule has 1 aromatic carbocycles. The lowest BCUT2D eigenvalue weighted by Gasteiger charge is -2.03. The molecule has 5 heteroatoms. The zero-order chi connectivity index (χ0) is 14.8. The number of benzene rings is 1. The van der Waals surface area contributed by atoms with Crippen LogP contribution in [0.4, 0.5) is 0 Å².